The molecule has 0 unspecified atom stereocenters. The molecule has 144 valence electrons. The van der Waals surface area contributed by atoms with Gasteiger partial charge in [-0.05, 0) is 36.5 Å². The Bertz CT molecular complexity index is 777. The highest BCUT2D eigenvalue weighted by atomic mass is 32.2. The molecule has 1 aliphatic carbocycles. The summed E-state index contributed by atoms with van der Waals surface area (Å²) in [7, 11) is -1.87. The standard InChI is InChI=1S/C18H25FN2O4S/c1-11-5-13(6-11)21-18(22)14-9-26(23,24)10-16(14)20-8-12-3-4-17(25-2)15(19)7-12/h3-4,7,11,13-14,16,20H,5-6,8-10H2,1-2H3,(H,21,22)/t11?,13?,14-,16-/m1/s1. The lowest BCUT2D eigenvalue weighted by Gasteiger charge is -2.34. The fraction of sp³-hybridized carbons (Fsp3) is 0.611. The number of benzene rings is 1. The molecule has 0 aromatic heterocycles. The van der Waals surface area contributed by atoms with Crippen molar-refractivity contribution in [2.45, 2.75) is 38.4 Å². The first kappa shape index (κ1) is 19.1. The molecule has 1 saturated heterocycles. The summed E-state index contributed by atoms with van der Waals surface area (Å²) < 4.78 is 42.7. The zero-order chi connectivity index (χ0) is 18.9. The molecule has 1 amide bonds. The summed E-state index contributed by atoms with van der Waals surface area (Å²) in [5, 5.41) is 6.08. The first-order chi connectivity index (χ1) is 12.3. The van der Waals surface area contributed by atoms with Gasteiger partial charge in [-0.3, -0.25) is 4.79 Å². The molecule has 26 heavy (non-hydrogen) atoms. The van der Waals surface area contributed by atoms with E-state index in [9.17, 15) is 17.6 Å². The molecule has 2 atom stereocenters. The maximum absolute atomic E-state index is 13.8. The van der Waals surface area contributed by atoms with Crippen LogP contribution in [-0.2, 0) is 21.2 Å². The van der Waals surface area contributed by atoms with Crippen molar-refractivity contribution < 1.29 is 22.3 Å². The molecule has 6 nitrogen and oxygen atoms in total. The number of hydrogen-bond donors (Lipinski definition) is 2. The van der Waals surface area contributed by atoms with Crippen molar-refractivity contribution in [1.82, 2.24) is 10.6 Å². The molecular formula is C18H25FN2O4S. The van der Waals surface area contributed by atoms with Crippen molar-refractivity contribution in [3.8, 4) is 5.75 Å². The predicted molar refractivity (Wildman–Crippen MR) is 96.1 cm³/mol. The number of nitrogens with one attached hydrogen (secondary N) is 2. The van der Waals surface area contributed by atoms with Gasteiger partial charge in [0.05, 0.1) is 24.5 Å². The lowest BCUT2D eigenvalue weighted by molar-refractivity contribution is -0.126. The number of carbonyl (C=O) groups excluding carboxylic acids is 1. The first-order valence-corrected chi connectivity index (χ1v) is 10.7. The highest BCUT2D eigenvalue weighted by Crippen LogP contribution is 2.28. The van der Waals surface area contributed by atoms with Gasteiger partial charge in [0, 0.05) is 18.6 Å². The van der Waals surface area contributed by atoms with Crippen molar-refractivity contribution in [3.05, 3.63) is 29.6 Å². The van der Waals surface area contributed by atoms with Crippen molar-refractivity contribution >= 4 is 15.7 Å². The van der Waals surface area contributed by atoms with E-state index in [0.29, 0.717) is 11.5 Å². The fourth-order valence-electron chi connectivity index (χ4n) is 3.70. The van der Waals surface area contributed by atoms with Gasteiger partial charge in [-0.2, -0.15) is 0 Å². The van der Waals surface area contributed by atoms with Crippen molar-refractivity contribution in [2.24, 2.45) is 11.8 Å². The number of rotatable bonds is 6. The first-order valence-electron chi connectivity index (χ1n) is 8.84. The zero-order valence-electron chi connectivity index (χ0n) is 15.0. The number of carbonyl (C=O) groups is 1. The Morgan fingerprint density at radius 1 is 1.31 bits per heavy atom. The summed E-state index contributed by atoms with van der Waals surface area (Å²) in [5.41, 5.74) is 0.666. The van der Waals surface area contributed by atoms with E-state index in [4.69, 9.17) is 4.74 Å². The third kappa shape index (κ3) is 4.35. The lowest BCUT2D eigenvalue weighted by Crippen LogP contribution is -2.50. The van der Waals surface area contributed by atoms with Crippen LogP contribution in [0.5, 0.6) is 5.75 Å². The van der Waals surface area contributed by atoms with Crippen LogP contribution >= 0.6 is 0 Å². The lowest BCUT2D eigenvalue weighted by atomic mass is 9.81. The number of ether oxygens (including phenoxy) is 1. The quantitative estimate of drug-likeness (QED) is 0.771. The van der Waals surface area contributed by atoms with Crippen molar-refractivity contribution in [3.63, 3.8) is 0 Å². The normalized spacial score (nSPS) is 29.8. The number of methoxy groups -OCH3 is 1. The number of sulfone groups is 1. The SMILES string of the molecule is COc1ccc(CN[C@@H]2CS(=O)(=O)C[C@H]2C(=O)NC2CC(C)C2)cc1F. The van der Waals surface area contributed by atoms with Gasteiger partial charge >= 0.3 is 0 Å². The third-order valence-electron chi connectivity index (χ3n) is 5.19. The van der Waals surface area contributed by atoms with Crippen LogP contribution in [0, 0.1) is 17.7 Å². The minimum Gasteiger partial charge on any atom is -0.494 e. The topological polar surface area (TPSA) is 84.5 Å². The van der Waals surface area contributed by atoms with E-state index in [0.717, 1.165) is 12.8 Å². The van der Waals surface area contributed by atoms with Gasteiger partial charge in [-0.15, -0.1) is 0 Å². The molecule has 1 heterocycles. The molecule has 1 saturated carbocycles. The molecule has 8 heteroatoms. The Morgan fingerprint density at radius 2 is 2.04 bits per heavy atom. The molecule has 1 aromatic rings. The van der Waals surface area contributed by atoms with Crippen LogP contribution in [0.2, 0.25) is 0 Å². The van der Waals surface area contributed by atoms with Crippen LogP contribution in [0.25, 0.3) is 0 Å². The molecule has 0 spiro atoms. The second-order valence-electron chi connectivity index (χ2n) is 7.42. The number of amides is 1. The van der Waals surface area contributed by atoms with Crippen molar-refractivity contribution in [2.75, 3.05) is 18.6 Å². The molecule has 3 rings (SSSR count). The fourth-order valence-corrected chi connectivity index (χ4v) is 5.67. The summed E-state index contributed by atoms with van der Waals surface area (Å²) in [5.74, 6) is -0.754. The number of hydrogen-bond acceptors (Lipinski definition) is 5. The Balaban J connectivity index is 1.62. The van der Waals surface area contributed by atoms with Crippen LogP contribution in [0.15, 0.2) is 18.2 Å². The third-order valence-corrected chi connectivity index (χ3v) is 6.93. The monoisotopic (exact) mass is 384 g/mol. The van der Waals surface area contributed by atoms with Crippen molar-refractivity contribution in [1.29, 1.82) is 0 Å². The van der Waals surface area contributed by atoms with Gasteiger partial charge in [-0.1, -0.05) is 13.0 Å². The van der Waals surface area contributed by atoms with Gasteiger partial charge in [0.25, 0.3) is 0 Å². The van der Waals surface area contributed by atoms with Crippen LogP contribution in [-0.4, -0.2) is 45.0 Å². The van der Waals surface area contributed by atoms with E-state index in [-0.39, 0.29) is 35.7 Å². The summed E-state index contributed by atoms with van der Waals surface area (Å²) >= 11 is 0. The molecule has 2 fully saturated rings. The largest absolute Gasteiger partial charge is 0.494 e. The molecule has 2 N–H and O–H groups in total. The van der Waals surface area contributed by atoms with Gasteiger partial charge in [-0.25, -0.2) is 12.8 Å². The van der Waals surface area contributed by atoms with E-state index >= 15 is 0 Å². The summed E-state index contributed by atoms with van der Waals surface area (Å²) in [6, 6.07) is 4.27. The molecule has 1 aromatic carbocycles. The smallest absolute Gasteiger partial charge is 0.225 e. The summed E-state index contributed by atoms with van der Waals surface area (Å²) in [6.45, 7) is 2.41. The molecule has 0 radical (unpaired) electrons. The van der Waals surface area contributed by atoms with E-state index in [1.807, 2.05) is 0 Å². The van der Waals surface area contributed by atoms with Gasteiger partial charge < -0.3 is 15.4 Å². The molecular weight excluding hydrogens is 359 g/mol. The van der Waals surface area contributed by atoms with Crippen LogP contribution in [0.3, 0.4) is 0 Å². The van der Waals surface area contributed by atoms with Gasteiger partial charge in [0.2, 0.25) is 5.91 Å². The average Bonchev–Trinajstić information content (AvgIpc) is 2.86. The predicted octanol–water partition coefficient (Wildman–Crippen LogP) is 1.25. The minimum atomic E-state index is -3.27. The van der Waals surface area contributed by atoms with Crippen LogP contribution in [0.1, 0.15) is 25.3 Å². The average molecular weight is 384 g/mol. The van der Waals surface area contributed by atoms with E-state index in [2.05, 4.69) is 17.6 Å². The van der Waals surface area contributed by atoms with Gasteiger partial charge in [0.15, 0.2) is 21.4 Å². The Hall–Kier alpha value is -1.67. The maximum atomic E-state index is 13.8. The summed E-state index contributed by atoms with van der Waals surface area (Å²) in [4.78, 5) is 12.5. The van der Waals surface area contributed by atoms with E-state index in [1.54, 1.807) is 6.07 Å². The maximum Gasteiger partial charge on any atom is 0.225 e. The second kappa shape index (κ2) is 7.52. The van der Waals surface area contributed by atoms with Gasteiger partial charge in [0.1, 0.15) is 0 Å². The van der Waals surface area contributed by atoms with Crippen LogP contribution in [0.4, 0.5) is 4.39 Å². The Morgan fingerprint density at radius 3 is 2.65 bits per heavy atom. The minimum absolute atomic E-state index is 0.0786. The van der Waals surface area contributed by atoms with E-state index < -0.39 is 27.6 Å². The number of halogens is 1. The highest BCUT2D eigenvalue weighted by molar-refractivity contribution is 7.91. The highest BCUT2D eigenvalue weighted by Gasteiger charge is 2.42. The Labute approximate surface area is 153 Å². The van der Waals surface area contributed by atoms with Crippen LogP contribution < -0.4 is 15.4 Å². The Kier molecular flexibility index (Phi) is 5.53. The second-order valence-corrected chi connectivity index (χ2v) is 9.58. The molecule has 2 aliphatic rings. The molecule has 1 aliphatic heterocycles. The van der Waals surface area contributed by atoms with E-state index in [1.165, 1.54) is 19.2 Å². The molecule has 0 bridgehead atoms. The zero-order valence-corrected chi connectivity index (χ0v) is 15.8. The summed E-state index contributed by atoms with van der Waals surface area (Å²) in [6.07, 6.45) is 1.88.